The zero-order valence-corrected chi connectivity index (χ0v) is 16.8. The van der Waals surface area contributed by atoms with Crippen molar-refractivity contribution < 1.29 is 4.79 Å². The quantitative estimate of drug-likeness (QED) is 0.515. The van der Waals surface area contributed by atoms with Gasteiger partial charge < -0.3 is 9.80 Å². The molecule has 1 amide bonds. The number of aromatic nitrogens is 5. The van der Waals surface area contributed by atoms with Gasteiger partial charge in [-0.25, -0.2) is 15.0 Å². The van der Waals surface area contributed by atoms with Crippen LogP contribution in [0.4, 0.5) is 5.82 Å². The van der Waals surface area contributed by atoms with Gasteiger partial charge in [-0.2, -0.15) is 5.10 Å². The van der Waals surface area contributed by atoms with Gasteiger partial charge in [0.2, 0.25) is 0 Å². The number of piperazine rings is 1. The van der Waals surface area contributed by atoms with Crippen LogP contribution in [0.15, 0.2) is 36.2 Å². The molecule has 0 bridgehead atoms. The number of amides is 1. The Balaban J connectivity index is 1.30. The number of anilines is 1. The van der Waals surface area contributed by atoms with E-state index in [9.17, 15) is 4.79 Å². The van der Waals surface area contributed by atoms with E-state index in [1.165, 1.54) is 11.3 Å². The van der Waals surface area contributed by atoms with Gasteiger partial charge in [0.1, 0.15) is 22.0 Å². The summed E-state index contributed by atoms with van der Waals surface area (Å²) in [4.78, 5) is 31.9. The molecule has 0 aromatic carbocycles. The zero-order valence-electron chi connectivity index (χ0n) is 15.1. The smallest absolute Gasteiger partial charge is 0.265 e. The molecule has 1 fully saturated rings. The molecule has 0 atom stereocenters. The fourth-order valence-electron chi connectivity index (χ4n) is 3.37. The fourth-order valence-corrected chi connectivity index (χ4v) is 5.05. The van der Waals surface area contributed by atoms with E-state index in [2.05, 4.69) is 25.0 Å². The lowest BCUT2D eigenvalue weighted by Crippen LogP contribution is -2.49. The Morgan fingerprint density at radius 1 is 1.11 bits per heavy atom. The third kappa shape index (κ3) is 2.94. The number of fused-ring (bicyclic) bond motifs is 1. The van der Waals surface area contributed by atoms with Crippen molar-refractivity contribution in [3.8, 4) is 9.88 Å². The monoisotopic (exact) mass is 411 g/mol. The summed E-state index contributed by atoms with van der Waals surface area (Å²) in [5, 5.41) is 8.13. The minimum absolute atomic E-state index is 0.0502. The number of rotatable bonds is 3. The van der Waals surface area contributed by atoms with Crippen LogP contribution in [0.25, 0.3) is 20.9 Å². The molecule has 0 saturated carbocycles. The minimum Gasteiger partial charge on any atom is -0.352 e. The summed E-state index contributed by atoms with van der Waals surface area (Å²) in [5.41, 5.74) is 0.814. The van der Waals surface area contributed by atoms with Crippen LogP contribution in [0, 0.1) is 0 Å². The molecule has 0 radical (unpaired) electrons. The average molecular weight is 412 g/mol. The lowest BCUT2D eigenvalue weighted by molar-refractivity contribution is 0.0751. The first-order chi connectivity index (χ1) is 13.7. The first kappa shape index (κ1) is 17.3. The lowest BCUT2D eigenvalue weighted by atomic mass is 10.2. The van der Waals surface area contributed by atoms with Gasteiger partial charge in [-0.15, -0.1) is 22.7 Å². The largest absolute Gasteiger partial charge is 0.352 e. The maximum Gasteiger partial charge on any atom is 0.265 e. The van der Waals surface area contributed by atoms with Gasteiger partial charge in [-0.1, -0.05) is 6.07 Å². The maximum absolute atomic E-state index is 12.9. The average Bonchev–Trinajstić information content (AvgIpc) is 3.48. The molecule has 0 unspecified atom stereocenters. The fraction of sp³-hybridized carbons (Fsp3) is 0.278. The highest BCUT2D eigenvalue weighted by Gasteiger charge is 2.26. The first-order valence-electron chi connectivity index (χ1n) is 8.87. The second kappa shape index (κ2) is 6.95. The number of carbonyl (C=O) groups is 1. The maximum atomic E-state index is 12.9. The minimum atomic E-state index is 0.0502. The Morgan fingerprint density at radius 2 is 1.96 bits per heavy atom. The van der Waals surface area contributed by atoms with E-state index in [1.807, 2.05) is 29.5 Å². The van der Waals surface area contributed by atoms with Crippen molar-refractivity contribution in [1.82, 2.24) is 29.6 Å². The highest BCUT2D eigenvalue weighted by Crippen LogP contribution is 2.30. The van der Waals surface area contributed by atoms with E-state index in [0.717, 1.165) is 39.8 Å². The zero-order chi connectivity index (χ0) is 19.1. The third-order valence-corrected chi connectivity index (χ3v) is 6.85. The van der Waals surface area contributed by atoms with Crippen LogP contribution < -0.4 is 4.90 Å². The summed E-state index contributed by atoms with van der Waals surface area (Å²) in [5.74, 6) is 0.928. The summed E-state index contributed by atoms with van der Waals surface area (Å²) in [7, 11) is 1.87. The van der Waals surface area contributed by atoms with E-state index < -0.39 is 0 Å². The van der Waals surface area contributed by atoms with Crippen molar-refractivity contribution in [2.45, 2.75) is 0 Å². The molecule has 28 heavy (non-hydrogen) atoms. The molecule has 0 aliphatic carbocycles. The van der Waals surface area contributed by atoms with Crippen LogP contribution in [-0.4, -0.2) is 61.7 Å². The van der Waals surface area contributed by atoms with Gasteiger partial charge in [0, 0.05) is 33.2 Å². The number of aryl methyl sites for hydroxylation is 1. The van der Waals surface area contributed by atoms with Gasteiger partial charge >= 0.3 is 0 Å². The van der Waals surface area contributed by atoms with E-state index in [-0.39, 0.29) is 5.91 Å². The molecule has 0 spiro atoms. The van der Waals surface area contributed by atoms with Crippen LogP contribution >= 0.6 is 22.7 Å². The number of thiophene rings is 1. The number of hydrogen-bond donors (Lipinski definition) is 0. The molecule has 0 N–H and O–H groups in total. The Morgan fingerprint density at radius 3 is 2.75 bits per heavy atom. The Labute approximate surface area is 169 Å². The Hall–Kier alpha value is -2.85. The Bertz CT molecular complexity index is 1130. The predicted octanol–water partition coefficient (Wildman–Crippen LogP) is 2.51. The molecule has 1 aliphatic heterocycles. The van der Waals surface area contributed by atoms with Crippen molar-refractivity contribution in [3.63, 3.8) is 0 Å². The number of carbonyl (C=O) groups excluding carboxylic acids is 1. The van der Waals surface area contributed by atoms with Crippen molar-refractivity contribution in [3.05, 3.63) is 41.1 Å². The third-order valence-electron chi connectivity index (χ3n) is 4.82. The van der Waals surface area contributed by atoms with Crippen molar-refractivity contribution in [2.24, 2.45) is 7.05 Å². The van der Waals surface area contributed by atoms with Crippen LogP contribution in [0.3, 0.4) is 0 Å². The van der Waals surface area contributed by atoms with E-state index in [1.54, 1.807) is 34.7 Å². The molecule has 4 aromatic rings. The lowest BCUT2D eigenvalue weighted by Gasteiger charge is -2.35. The highest BCUT2D eigenvalue weighted by molar-refractivity contribution is 7.21. The van der Waals surface area contributed by atoms with Gasteiger partial charge in [-0.3, -0.25) is 9.48 Å². The molecule has 142 valence electrons. The van der Waals surface area contributed by atoms with E-state index >= 15 is 0 Å². The standard InChI is InChI=1S/C18H17N7OS2/c1-23-15-12(9-22-23)16(21-11-20-15)24-4-6-25(7-5-24)18(26)14-10-19-17(28-14)13-3-2-8-27-13/h2-3,8-11H,4-7H2,1H3. The van der Waals surface area contributed by atoms with Gasteiger partial charge in [0.25, 0.3) is 5.91 Å². The SMILES string of the molecule is Cn1ncc2c(N3CCN(C(=O)c4cnc(-c5cccs5)s4)CC3)ncnc21. The van der Waals surface area contributed by atoms with Gasteiger partial charge in [0.15, 0.2) is 5.65 Å². The summed E-state index contributed by atoms with van der Waals surface area (Å²) in [6.45, 7) is 2.75. The van der Waals surface area contributed by atoms with Crippen molar-refractivity contribution in [1.29, 1.82) is 0 Å². The summed E-state index contributed by atoms with van der Waals surface area (Å²) in [6, 6.07) is 4.02. The van der Waals surface area contributed by atoms with Crippen LogP contribution in [0.5, 0.6) is 0 Å². The summed E-state index contributed by atoms with van der Waals surface area (Å²) < 4.78 is 1.75. The van der Waals surface area contributed by atoms with E-state index in [0.29, 0.717) is 18.0 Å². The summed E-state index contributed by atoms with van der Waals surface area (Å²) in [6.07, 6.45) is 5.06. The second-order valence-electron chi connectivity index (χ2n) is 6.49. The van der Waals surface area contributed by atoms with Gasteiger partial charge in [0.05, 0.1) is 22.7 Å². The molecule has 5 rings (SSSR count). The Kier molecular flexibility index (Phi) is 4.29. The molecule has 5 heterocycles. The first-order valence-corrected chi connectivity index (χ1v) is 10.6. The number of hydrogen-bond acceptors (Lipinski definition) is 8. The van der Waals surface area contributed by atoms with Gasteiger partial charge in [-0.05, 0) is 11.4 Å². The topological polar surface area (TPSA) is 80.0 Å². The molecule has 4 aromatic heterocycles. The molecule has 8 nitrogen and oxygen atoms in total. The molecular weight excluding hydrogens is 394 g/mol. The normalized spacial score (nSPS) is 14.8. The number of nitrogens with zero attached hydrogens (tertiary/aromatic N) is 7. The van der Waals surface area contributed by atoms with Crippen LogP contribution in [0.2, 0.25) is 0 Å². The highest BCUT2D eigenvalue weighted by atomic mass is 32.1. The van der Waals surface area contributed by atoms with Crippen LogP contribution in [-0.2, 0) is 7.05 Å². The molecule has 1 saturated heterocycles. The number of thiazole rings is 1. The predicted molar refractivity (Wildman–Crippen MR) is 110 cm³/mol. The molecule has 1 aliphatic rings. The second-order valence-corrected chi connectivity index (χ2v) is 8.47. The molecular formula is C18H17N7OS2. The van der Waals surface area contributed by atoms with Crippen molar-refractivity contribution >= 4 is 45.4 Å². The summed E-state index contributed by atoms with van der Waals surface area (Å²) >= 11 is 3.09. The van der Waals surface area contributed by atoms with E-state index in [4.69, 9.17) is 0 Å². The molecule has 10 heteroatoms. The van der Waals surface area contributed by atoms with Crippen LogP contribution in [0.1, 0.15) is 9.67 Å². The van der Waals surface area contributed by atoms with Crippen molar-refractivity contribution in [2.75, 3.05) is 31.1 Å².